The van der Waals surface area contributed by atoms with E-state index in [2.05, 4.69) is 10.1 Å². The van der Waals surface area contributed by atoms with Crippen LogP contribution in [-0.4, -0.2) is 19.7 Å². The average Bonchev–Trinajstić information content (AvgIpc) is 2.54. The van der Waals surface area contributed by atoms with E-state index in [0.717, 1.165) is 11.3 Å². The molecule has 1 N–H and O–H groups in total. The topological polar surface area (TPSA) is 47.6 Å². The Morgan fingerprint density at radius 3 is 2.61 bits per heavy atom. The summed E-state index contributed by atoms with van der Waals surface area (Å²) in [5.74, 6) is -0.302. The number of hydrogen-bond donors (Lipinski definition) is 1. The van der Waals surface area contributed by atoms with Crippen LogP contribution in [0.15, 0.2) is 42.5 Å². The van der Waals surface area contributed by atoms with Crippen molar-refractivity contribution in [3.63, 3.8) is 0 Å². The minimum Gasteiger partial charge on any atom is -0.465 e. The number of halogens is 2. The number of benzene rings is 2. The molecule has 2 aromatic carbocycles. The van der Waals surface area contributed by atoms with Crippen molar-refractivity contribution in [2.45, 2.75) is 20.1 Å². The van der Waals surface area contributed by atoms with Crippen LogP contribution < -0.4 is 10.1 Å². The number of anilines is 1. The van der Waals surface area contributed by atoms with Crippen LogP contribution in [0.3, 0.4) is 0 Å². The van der Waals surface area contributed by atoms with E-state index >= 15 is 0 Å². The SMILES string of the molecule is COC(=O)c1cccc(NCc2ccccc2OC(F)F)c1C. The molecule has 0 bridgehead atoms. The zero-order valence-corrected chi connectivity index (χ0v) is 12.8. The fraction of sp³-hybridized carbons (Fsp3) is 0.235. The predicted octanol–water partition coefficient (Wildman–Crippen LogP) is 4.00. The number of alkyl halides is 2. The van der Waals surface area contributed by atoms with Crippen LogP contribution in [-0.2, 0) is 11.3 Å². The molecular weight excluding hydrogens is 304 g/mol. The van der Waals surface area contributed by atoms with Gasteiger partial charge in [-0.15, -0.1) is 0 Å². The summed E-state index contributed by atoms with van der Waals surface area (Å²) in [7, 11) is 1.32. The van der Waals surface area contributed by atoms with Gasteiger partial charge in [-0.25, -0.2) is 4.79 Å². The fourth-order valence-corrected chi connectivity index (χ4v) is 2.21. The second-order valence-electron chi connectivity index (χ2n) is 4.81. The molecule has 0 radical (unpaired) electrons. The van der Waals surface area contributed by atoms with Gasteiger partial charge in [0.1, 0.15) is 5.75 Å². The summed E-state index contributed by atoms with van der Waals surface area (Å²) in [6.45, 7) is -0.801. The third-order valence-corrected chi connectivity index (χ3v) is 3.40. The van der Waals surface area contributed by atoms with Crippen LogP contribution in [0.4, 0.5) is 14.5 Å². The highest BCUT2D eigenvalue weighted by molar-refractivity contribution is 5.92. The molecule has 2 aromatic rings. The smallest absolute Gasteiger partial charge is 0.387 e. The maximum absolute atomic E-state index is 12.4. The van der Waals surface area contributed by atoms with Crippen LogP contribution >= 0.6 is 0 Å². The molecule has 0 fully saturated rings. The molecular formula is C17H17F2NO3. The maximum atomic E-state index is 12.4. The maximum Gasteiger partial charge on any atom is 0.387 e. The summed E-state index contributed by atoms with van der Waals surface area (Å²) in [4.78, 5) is 11.7. The van der Waals surface area contributed by atoms with Gasteiger partial charge in [-0.2, -0.15) is 8.78 Å². The van der Waals surface area contributed by atoms with Gasteiger partial charge >= 0.3 is 12.6 Å². The Hall–Kier alpha value is -2.63. The van der Waals surface area contributed by atoms with Crippen molar-refractivity contribution < 1.29 is 23.0 Å². The summed E-state index contributed by atoms with van der Waals surface area (Å²) in [6.07, 6.45) is 0. The number of esters is 1. The number of carbonyl (C=O) groups excluding carboxylic acids is 1. The minimum absolute atomic E-state index is 0.122. The van der Waals surface area contributed by atoms with E-state index in [4.69, 9.17) is 4.74 Å². The van der Waals surface area contributed by atoms with E-state index in [1.54, 1.807) is 43.3 Å². The van der Waals surface area contributed by atoms with Gasteiger partial charge in [0, 0.05) is 17.8 Å². The lowest BCUT2D eigenvalue weighted by Gasteiger charge is -2.14. The Bertz CT molecular complexity index is 689. The summed E-state index contributed by atoms with van der Waals surface area (Å²) in [6, 6.07) is 11.8. The number of methoxy groups -OCH3 is 1. The van der Waals surface area contributed by atoms with Gasteiger partial charge in [-0.05, 0) is 30.7 Å². The first-order chi connectivity index (χ1) is 11.0. The fourth-order valence-electron chi connectivity index (χ4n) is 2.21. The Balaban J connectivity index is 2.17. The lowest BCUT2D eigenvalue weighted by molar-refractivity contribution is -0.0504. The predicted molar refractivity (Wildman–Crippen MR) is 82.9 cm³/mol. The second-order valence-corrected chi connectivity index (χ2v) is 4.81. The molecule has 0 unspecified atom stereocenters. The molecule has 0 aliphatic carbocycles. The van der Waals surface area contributed by atoms with Crippen molar-refractivity contribution in [3.8, 4) is 5.75 Å². The van der Waals surface area contributed by atoms with Crippen LogP contribution in [0.2, 0.25) is 0 Å². The summed E-state index contributed by atoms with van der Waals surface area (Å²) in [5, 5.41) is 3.13. The zero-order chi connectivity index (χ0) is 16.8. The van der Waals surface area contributed by atoms with E-state index in [1.807, 2.05) is 0 Å². The quantitative estimate of drug-likeness (QED) is 0.817. The highest BCUT2D eigenvalue weighted by Crippen LogP contribution is 2.24. The summed E-state index contributed by atoms with van der Waals surface area (Å²) >= 11 is 0. The Morgan fingerprint density at radius 2 is 1.91 bits per heavy atom. The average molecular weight is 321 g/mol. The number of nitrogens with one attached hydrogen (secondary N) is 1. The molecule has 0 aliphatic rings. The van der Waals surface area contributed by atoms with E-state index in [-0.39, 0.29) is 12.3 Å². The van der Waals surface area contributed by atoms with Gasteiger partial charge in [-0.1, -0.05) is 24.3 Å². The Morgan fingerprint density at radius 1 is 1.17 bits per heavy atom. The molecule has 6 heteroatoms. The highest BCUT2D eigenvalue weighted by Gasteiger charge is 2.13. The Kier molecular flexibility index (Phi) is 5.51. The first-order valence-corrected chi connectivity index (χ1v) is 6.97. The van der Waals surface area contributed by atoms with E-state index in [9.17, 15) is 13.6 Å². The van der Waals surface area contributed by atoms with Crippen LogP contribution in [0, 0.1) is 6.92 Å². The molecule has 0 aliphatic heterocycles. The third-order valence-electron chi connectivity index (χ3n) is 3.40. The monoisotopic (exact) mass is 321 g/mol. The number of ether oxygens (including phenoxy) is 2. The van der Waals surface area contributed by atoms with Crippen LogP contribution in [0.25, 0.3) is 0 Å². The van der Waals surface area contributed by atoms with Crippen LogP contribution in [0.5, 0.6) is 5.75 Å². The van der Waals surface area contributed by atoms with Crippen molar-refractivity contribution in [1.82, 2.24) is 0 Å². The van der Waals surface area contributed by atoms with Crippen LogP contribution in [0.1, 0.15) is 21.5 Å². The van der Waals surface area contributed by atoms with Gasteiger partial charge in [-0.3, -0.25) is 0 Å². The lowest BCUT2D eigenvalue weighted by Crippen LogP contribution is -2.09. The molecule has 0 saturated carbocycles. The van der Waals surface area contributed by atoms with Gasteiger partial charge in [0.2, 0.25) is 0 Å². The molecule has 2 rings (SSSR count). The first kappa shape index (κ1) is 16.7. The largest absolute Gasteiger partial charge is 0.465 e. The number of para-hydroxylation sites is 1. The van der Waals surface area contributed by atoms with E-state index in [0.29, 0.717) is 11.1 Å². The van der Waals surface area contributed by atoms with Crippen molar-refractivity contribution >= 4 is 11.7 Å². The van der Waals surface area contributed by atoms with Gasteiger partial charge in [0.25, 0.3) is 0 Å². The number of carbonyl (C=O) groups is 1. The number of hydrogen-bond acceptors (Lipinski definition) is 4. The van der Waals surface area contributed by atoms with Gasteiger partial charge in [0.15, 0.2) is 0 Å². The molecule has 0 spiro atoms. The van der Waals surface area contributed by atoms with E-state index < -0.39 is 12.6 Å². The van der Waals surface area contributed by atoms with Gasteiger partial charge < -0.3 is 14.8 Å². The zero-order valence-electron chi connectivity index (χ0n) is 12.8. The van der Waals surface area contributed by atoms with Crippen molar-refractivity contribution in [3.05, 3.63) is 59.2 Å². The molecule has 4 nitrogen and oxygen atoms in total. The van der Waals surface area contributed by atoms with Crippen molar-refractivity contribution in [1.29, 1.82) is 0 Å². The molecule has 23 heavy (non-hydrogen) atoms. The molecule has 0 aromatic heterocycles. The number of rotatable bonds is 6. The molecule has 0 saturated heterocycles. The lowest BCUT2D eigenvalue weighted by atomic mass is 10.1. The molecule has 122 valence electrons. The van der Waals surface area contributed by atoms with Gasteiger partial charge in [0.05, 0.1) is 12.7 Å². The Labute approximate surface area is 133 Å². The molecule has 0 amide bonds. The standard InChI is InChI=1S/C17H17F2NO3/c1-11-13(16(21)22-2)7-5-8-14(11)20-10-12-6-3-4-9-15(12)23-17(18)19/h3-9,17,20H,10H2,1-2H3. The molecule has 0 heterocycles. The summed E-state index contributed by atoms with van der Waals surface area (Å²) < 4.78 is 34.1. The first-order valence-electron chi connectivity index (χ1n) is 6.97. The van der Waals surface area contributed by atoms with E-state index in [1.165, 1.54) is 13.2 Å². The second kappa shape index (κ2) is 7.58. The normalized spacial score (nSPS) is 10.5. The minimum atomic E-state index is -2.87. The van der Waals surface area contributed by atoms with Crippen molar-refractivity contribution in [2.24, 2.45) is 0 Å². The highest BCUT2D eigenvalue weighted by atomic mass is 19.3. The summed E-state index contributed by atoms with van der Waals surface area (Å²) in [5.41, 5.74) is 2.50. The van der Waals surface area contributed by atoms with Crippen molar-refractivity contribution in [2.75, 3.05) is 12.4 Å². The third kappa shape index (κ3) is 4.18. The molecule has 0 atom stereocenters.